The van der Waals surface area contributed by atoms with Crippen LogP contribution in [0.2, 0.25) is 0 Å². The number of hydrogen-bond donors (Lipinski definition) is 1. The Labute approximate surface area is 135 Å². The van der Waals surface area contributed by atoms with Crippen molar-refractivity contribution in [3.05, 3.63) is 68.4 Å². The van der Waals surface area contributed by atoms with Crippen molar-refractivity contribution in [2.75, 3.05) is 6.54 Å². The Morgan fingerprint density at radius 3 is 2.60 bits per heavy atom. The molecule has 0 bridgehead atoms. The molecule has 0 amide bonds. The monoisotopic (exact) mass is 399 g/mol. The van der Waals surface area contributed by atoms with Gasteiger partial charge in [-0.05, 0) is 52.7 Å². The topological polar surface area (TPSA) is 12.0 Å². The molecule has 2 aromatic carbocycles. The summed E-state index contributed by atoms with van der Waals surface area (Å²) in [4.78, 5) is 0. The minimum atomic E-state index is -0.207. The molecule has 0 saturated heterocycles. The number of rotatable bonds is 5. The summed E-state index contributed by atoms with van der Waals surface area (Å²) in [5, 5.41) is 3.42. The lowest BCUT2D eigenvalue weighted by Gasteiger charge is -2.21. The number of hydrogen-bond acceptors (Lipinski definition) is 1. The van der Waals surface area contributed by atoms with Gasteiger partial charge >= 0.3 is 0 Å². The molecule has 1 atom stereocenters. The number of nitrogens with one attached hydrogen (secondary N) is 1. The molecule has 106 valence electrons. The first-order valence-electron chi connectivity index (χ1n) is 6.56. The summed E-state index contributed by atoms with van der Waals surface area (Å²) in [5.74, 6) is -0.207. The van der Waals surface area contributed by atoms with Gasteiger partial charge in [-0.3, -0.25) is 0 Å². The van der Waals surface area contributed by atoms with Crippen LogP contribution in [0, 0.1) is 5.82 Å². The van der Waals surface area contributed by atoms with Gasteiger partial charge in [0.25, 0.3) is 0 Å². The lowest BCUT2D eigenvalue weighted by atomic mass is 9.98. The maximum Gasteiger partial charge on any atom is 0.142 e. The Hall–Kier alpha value is -0.710. The molecule has 20 heavy (non-hydrogen) atoms. The first-order chi connectivity index (χ1) is 9.63. The lowest BCUT2D eigenvalue weighted by Crippen LogP contribution is -2.24. The third-order valence-electron chi connectivity index (χ3n) is 3.07. The first kappa shape index (κ1) is 15.7. The summed E-state index contributed by atoms with van der Waals surface area (Å²) in [6.07, 6.45) is 1.00. The lowest BCUT2D eigenvalue weighted by molar-refractivity contribution is 0.543. The van der Waals surface area contributed by atoms with Crippen LogP contribution in [0.3, 0.4) is 0 Å². The normalized spacial score (nSPS) is 12.4. The molecule has 2 aromatic rings. The van der Waals surface area contributed by atoms with Gasteiger partial charge in [-0.1, -0.05) is 47.1 Å². The van der Waals surface area contributed by atoms with Gasteiger partial charge in [0.15, 0.2) is 0 Å². The maximum atomic E-state index is 14.4. The highest BCUT2D eigenvalue weighted by molar-refractivity contribution is 9.10. The Morgan fingerprint density at radius 2 is 1.90 bits per heavy atom. The summed E-state index contributed by atoms with van der Waals surface area (Å²) in [6, 6.07) is 13.2. The molecule has 1 nitrogen and oxygen atoms in total. The average molecular weight is 401 g/mol. The highest BCUT2D eigenvalue weighted by Crippen LogP contribution is 2.29. The molecule has 1 N–H and O–H groups in total. The molecule has 0 aliphatic heterocycles. The van der Waals surface area contributed by atoms with Crippen molar-refractivity contribution in [3.63, 3.8) is 0 Å². The molecular formula is C16H16Br2FN. The second kappa shape index (κ2) is 7.34. The molecule has 0 fully saturated rings. The zero-order chi connectivity index (χ0) is 14.5. The van der Waals surface area contributed by atoms with Crippen LogP contribution in [0.25, 0.3) is 0 Å². The molecule has 0 radical (unpaired) electrons. The van der Waals surface area contributed by atoms with Crippen molar-refractivity contribution >= 4 is 31.9 Å². The van der Waals surface area contributed by atoms with Gasteiger partial charge in [0.05, 0.1) is 10.5 Å². The van der Waals surface area contributed by atoms with Crippen molar-refractivity contribution in [2.24, 2.45) is 0 Å². The average Bonchev–Trinajstić information content (AvgIpc) is 2.44. The van der Waals surface area contributed by atoms with Crippen LogP contribution in [0.1, 0.15) is 30.5 Å². The summed E-state index contributed by atoms with van der Waals surface area (Å²) in [7, 11) is 0. The summed E-state index contributed by atoms with van der Waals surface area (Å²) in [5.41, 5.74) is 1.70. The molecule has 0 heterocycles. The third kappa shape index (κ3) is 3.68. The quantitative estimate of drug-likeness (QED) is 0.704. The summed E-state index contributed by atoms with van der Waals surface area (Å²) >= 11 is 6.73. The summed E-state index contributed by atoms with van der Waals surface area (Å²) in [6.45, 7) is 2.94. The van der Waals surface area contributed by atoms with E-state index in [2.05, 4.69) is 44.1 Å². The van der Waals surface area contributed by atoms with Crippen molar-refractivity contribution in [1.82, 2.24) is 5.32 Å². The van der Waals surface area contributed by atoms with Crippen LogP contribution in [0.15, 0.2) is 51.4 Å². The predicted octanol–water partition coefficient (Wildman–Crippen LogP) is 5.44. The van der Waals surface area contributed by atoms with E-state index in [1.165, 1.54) is 0 Å². The van der Waals surface area contributed by atoms with Crippen molar-refractivity contribution in [3.8, 4) is 0 Å². The molecule has 0 saturated carbocycles. The highest BCUT2D eigenvalue weighted by Gasteiger charge is 2.18. The molecule has 0 aliphatic carbocycles. The van der Waals surface area contributed by atoms with E-state index in [1.807, 2.05) is 36.4 Å². The molecule has 0 aliphatic rings. The van der Waals surface area contributed by atoms with Gasteiger partial charge in [-0.2, -0.15) is 0 Å². The van der Waals surface area contributed by atoms with E-state index in [4.69, 9.17) is 0 Å². The van der Waals surface area contributed by atoms with Gasteiger partial charge in [-0.15, -0.1) is 0 Å². The largest absolute Gasteiger partial charge is 0.306 e. The van der Waals surface area contributed by atoms with E-state index >= 15 is 0 Å². The Morgan fingerprint density at radius 1 is 1.15 bits per heavy atom. The number of benzene rings is 2. The minimum Gasteiger partial charge on any atom is -0.306 e. The van der Waals surface area contributed by atoms with Crippen LogP contribution in [-0.2, 0) is 0 Å². The van der Waals surface area contributed by atoms with Crippen LogP contribution in [0.5, 0.6) is 0 Å². The smallest absolute Gasteiger partial charge is 0.142 e. The molecule has 4 heteroatoms. The Kier molecular flexibility index (Phi) is 5.75. The van der Waals surface area contributed by atoms with Gasteiger partial charge < -0.3 is 5.32 Å². The van der Waals surface area contributed by atoms with Crippen molar-refractivity contribution in [1.29, 1.82) is 0 Å². The predicted molar refractivity (Wildman–Crippen MR) is 88.4 cm³/mol. The van der Waals surface area contributed by atoms with E-state index < -0.39 is 0 Å². The molecule has 0 aromatic heterocycles. The third-order valence-corrected chi connectivity index (χ3v) is 4.18. The zero-order valence-corrected chi connectivity index (χ0v) is 14.3. The van der Waals surface area contributed by atoms with Crippen LogP contribution in [0.4, 0.5) is 4.39 Å². The van der Waals surface area contributed by atoms with Gasteiger partial charge in [-0.25, -0.2) is 4.39 Å². The van der Waals surface area contributed by atoms with Crippen molar-refractivity contribution in [2.45, 2.75) is 19.4 Å². The van der Waals surface area contributed by atoms with Gasteiger partial charge in [0.1, 0.15) is 5.82 Å². The summed E-state index contributed by atoms with van der Waals surface area (Å²) < 4.78 is 15.9. The molecule has 1 unspecified atom stereocenters. The fraction of sp³-hybridized carbons (Fsp3) is 0.250. The maximum absolute atomic E-state index is 14.4. The van der Waals surface area contributed by atoms with Crippen LogP contribution in [-0.4, -0.2) is 6.54 Å². The first-order valence-corrected chi connectivity index (χ1v) is 8.15. The van der Waals surface area contributed by atoms with E-state index in [1.54, 1.807) is 6.07 Å². The fourth-order valence-electron chi connectivity index (χ4n) is 2.13. The molecule has 0 spiro atoms. The number of halogens is 3. The molecular weight excluding hydrogens is 385 g/mol. The second-order valence-electron chi connectivity index (χ2n) is 4.59. The fourth-order valence-corrected chi connectivity index (χ4v) is 2.92. The van der Waals surface area contributed by atoms with Crippen LogP contribution >= 0.6 is 31.9 Å². The highest BCUT2D eigenvalue weighted by atomic mass is 79.9. The zero-order valence-electron chi connectivity index (χ0n) is 11.2. The Balaban J connectivity index is 2.44. The van der Waals surface area contributed by atoms with Gasteiger partial charge in [0, 0.05) is 10.0 Å². The van der Waals surface area contributed by atoms with E-state index in [-0.39, 0.29) is 11.9 Å². The SMILES string of the molecule is CCCNC(c1cccc(Br)c1)c1cccc(Br)c1F. The van der Waals surface area contributed by atoms with Crippen molar-refractivity contribution < 1.29 is 4.39 Å². The standard InChI is InChI=1S/C16H16Br2FN/c1-2-9-20-16(11-5-3-6-12(17)10-11)13-7-4-8-14(18)15(13)19/h3-8,10,16,20H,2,9H2,1H3. The minimum absolute atomic E-state index is 0.148. The van der Waals surface area contributed by atoms with E-state index in [9.17, 15) is 4.39 Å². The van der Waals surface area contributed by atoms with Crippen LogP contribution < -0.4 is 5.32 Å². The van der Waals surface area contributed by atoms with E-state index in [0.29, 0.717) is 10.0 Å². The second-order valence-corrected chi connectivity index (χ2v) is 6.36. The Bertz CT molecular complexity index is 586. The van der Waals surface area contributed by atoms with E-state index in [0.717, 1.165) is 23.0 Å². The molecule has 2 rings (SSSR count). The van der Waals surface area contributed by atoms with Gasteiger partial charge in [0.2, 0.25) is 0 Å².